The van der Waals surface area contributed by atoms with Crippen LogP contribution in [0, 0.1) is 0 Å². The Hall–Kier alpha value is -2.42. The molecule has 3 heterocycles. The Morgan fingerprint density at radius 2 is 2.41 bits per heavy atom. The number of anilines is 1. The van der Waals surface area contributed by atoms with E-state index in [1.165, 1.54) is 10.7 Å². The first kappa shape index (κ1) is 14.5. The lowest BCUT2D eigenvalue weighted by Crippen LogP contribution is -2.33. The molecule has 2 unspecified atom stereocenters. The number of hydrogen-bond acceptors (Lipinski definition) is 8. The summed E-state index contributed by atoms with van der Waals surface area (Å²) in [6, 6.07) is 0. The highest BCUT2D eigenvalue weighted by Gasteiger charge is 2.31. The minimum Gasteiger partial charge on any atom is -0.492 e. The van der Waals surface area contributed by atoms with Gasteiger partial charge in [-0.25, -0.2) is 14.3 Å². The zero-order valence-corrected chi connectivity index (χ0v) is 12.1. The topological polar surface area (TPSA) is 125 Å². The van der Waals surface area contributed by atoms with Crippen molar-refractivity contribution in [1.29, 1.82) is 0 Å². The van der Waals surface area contributed by atoms with Crippen LogP contribution in [0.1, 0.15) is 31.5 Å². The lowest BCUT2D eigenvalue weighted by molar-refractivity contribution is -0.160. The Morgan fingerprint density at radius 3 is 3.09 bits per heavy atom. The standard InChI is InChI=1S/C13H17N5O4/c1-2-21-12(20)9-4-3-7(6-22-9)10-15-5-8-11(19)16-13(14)17-18(8)10/h5,7,9H,2-4,6H2,1H3,(H3,14,16,17,19). The van der Waals surface area contributed by atoms with Crippen LogP contribution in [0.15, 0.2) is 6.20 Å². The molecule has 1 fully saturated rings. The predicted molar refractivity (Wildman–Crippen MR) is 75.2 cm³/mol. The number of carbonyl (C=O) groups is 1. The van der Waals surface area contributed by atoms with Gasteiger partial charge in [-0.3, -0.25) is 0 Å². The number of carbonyl (C=O) groups excluding carboxylic acids is 1. The zero-order chi connectivity index (χ0) is 15.7. The van der Waals surface area contributed by atoms with Gasteiger partial charge in [0.25, 0.3) is 0 Å². The van der Waals surface area contributed by atoms with E-state index in [0.717, 1.165) is 0 Å². The minimum atomic E-state index is -0.532. The summed E-state index contributed by atoms with van der Waals surface area (Å²) in [4.78, 5) is 19.6. The molecule has 0 amide bonds. The first-order valence-corrected chi connectivity index (χ1v) is 7.08. The fourth-order valence-corrected chi connectivity index (χ4v) is 2.56. The van der Waals surface area contributed by atoms with Gasteiger partial charge >= 0.3 is 5.97 Å². The highest BCUT2D eigenvalue weighted by Crippen LogP contribution is 2.29. The van der Waals surface area contributed by atoms with Crippen LogP contribution in [0.3, 0.4) is 0 Å². The molecule has 2 aromatic heterocycles. The first-order valence-electron chi connectivity index (χ1n) is 7.08. The van der Waals surface area contributed by atoms with E-state index in [1.54, 1.807) is 6.92 Å². The van der Waals surface area contributed by atoms with Gasteiger partial charge in [-0.05, 0) is 19.8 Å². The van der Waals surface area contributed by atoms with Crippen LogP contribution in [0.5, 0.6) is 5.88 Å². The second kappa shape index (κ2) is 5.76. The lowest BCUT2D eigenvalue weighted by Gasteiger charge is -2.26. The maximum Gasteiger partial charge on any atom is 0.335 e. The van der Waals surface area contributed by atoms with Crippen LogP contribution in [0.25, 0.3) is 5.52 Å². The van der Waals surface area contributed by atoms with Gasteiger partial charge in [-0.15, -0.1) is 5.10 Å². The average Bonchev–Trinajstić information content (AvgIpc) is 2.91. The van der Waals surface area contributed by atoms with Crippen LogP contribution >= 0.6 is 0 Å². The van der Waals surface area contributed by atoms with Crippen molar-refractivity contribution in [2.45, 2.75) is 31.8 Å². The van der Waals surface area contributed by atoms with E-state index in [1.807, 2.05) is 0 Å². The Kier molecular flexibility index (Phi) is 3.80. The molecular formula is C13H17N5O4. The van der Waals surface area contributed by atoms with Crippen molar-refractivity contribution < 1.29 is 19.4 Å². The smallest absolute Gasteiger partial charge is 0.335 e. The third kappa shape index (κ3) is 2.54. The lowest BCUT2D eigenvalue weighted by atomic mass is 9.98. The van der Waals surface area contributed by atoms with Crippen LogP contribution in [0.2, 0.25) is 0 Å². The molecule has 0 aliphatic carbocycles. The molecule has 0 aromatic carbocycles. The van der Waals surface area contributed by atoms with E-state index in [9.17, 15) is 9.90 Å². The number of nitrogens with zero attached hydrogens (tertiary/aromatic N) is 4. The molecule has 2 aromatic rings. The molecule has 2 atom stereocenters. The van der Waals surface area contributed by atoms with E-state index < -0.39 is 6.10 Å². The van der Waals surface area contributed by atoms with Gasteiger partial charge in [-0.2, -0.15) is 4.98 Å². The molecule has 1 saturated heterocycles. The second-order valence-electron chi connectivity index (χ2n) is 5.06. The van der Waals surface area contributed by atoms with Gasteiger partial charge in [0.2, 0.25) is 11.8 Å². The van der Waals surface area contributed by atoms with Crippen molar-refractivity contribution in [2.75, 3.05) is 18.9 Å². The molecule has 0 radical (unpaired) electrons. The Bertz CT molecular complexity index is 693. The second-order valence-corrected chi connectivity index (χ2v) is 5.06. The Labute approximate surface area is 126 Å². The summed E-state index contributed by atoms with van der Waals surface area (Å²) in [6.45, 7) is 2.42. The number of nitrogens with two attached hydrogens (primary N) is 1. The fraction of sp³-hybridized carbons (Fsp3) is 0.538. The number of imidazole rings is 1. The first-order chi connectivity index (χ1) is 10.6. The largest absolute Gasteiger partial charge is 0.492 e. The molecule has 1 aliphatic heterocycles. The van der Waals surface area contributed by atoms with E-state index in [0.29, 0.717) is 37.4 Å². The number of aromatic hydroxyl groups is 1. The van der Waals surface area contributed by atoms with E-state index >= 15 is 0 Å². The van der Waals surface area contributed by atoms with Crippen molar-refractivity contribution in [3.63, 3.8) is 0 Å². The fourth-order valence-electron chi connectivity index (χ4n) is 2.56. The summed E-state index contributed by atoms with van der Waals surface area (Å²) in [5.74, 6) is -0.000480. The highest BCUT2D eigenvalue weighted by atomic mass is 16.6. The normalized spacial score (nSPS) is 21.9. The molecule has 3 N–H and O–H groups in total. The number of fused-ring (bicyclic) bond motifs is 1. The monoisotopic (exact) mass is 307 g/mol. The maximum atomic E-state index is 11.7. The summed E-state index contributed by atoms with van der Waals surface area (Å²) < 4.78 is 12.0. The van der Waals surface area contributed by atoms with Gasteiger partial charge in [0.05, 0.1) is 19.4 Å². The molecule has 0 saturated carbocycles. The van der Waals surface area contributed by atoms with Gasteiger partial charge in [0.15, 0.2) is 6.10 Å². The third-order valence-electron chi connectivity index (χ3n) is 3.61. The average molecular weight is 307 g/mol. The number of hydrogen-bond donors (Lipinski definition) is 2. The van der Waals surface area contributed by atoms with Gasteiger partial charge in [0.1, 0.15) is 11.3 Å². The van der Waals surface area contributed by atoms with E-state index in [-0.39, 0.29) is 23.7 Å². The highest BCUT2D eigenvalue weighted by molar-refractivity contribution is 5.74. The Morgan fingerprint density at radius 1 is 1.59 bits per heavy atom. The van der Waals surface area contributed by atoms with Crippen molar-refractivity contribution in [3.05, 3.63) is 12.0 Å². The van der Waals surface area contributed by atoms with Gasteiger partial charge < -0.3 is 20.3 Å². The van der Waals surface area contributed by atoms with Crippen molar-refractivity contribution in [2.24, 2.45) is 0 Å². The van der Waals surface area contributed by atoms with Gasteiger partial charge in [0, 0.05) is 5.92 Å². The van der Waals surface area contributed by atoms with Crippen molar-refractivity contribution in [3.8, 4) is 5.88 Å². The number of nitrogen functional groups attached to an aromatic ring is 1. The summed E-state index contributed by atoms with van der Waals surface area (Å²) >= 11 is 0. The quantitative estimate of drug-likeness (QED) is 0.772. The summed E-state index contributed by atoms with van der Waals surface area (Å²) in [6.07, 6.45) is 2.20. The SMILES string of the molecule is CCOC(=O)C1CCC(c2ncc3c(O)nc(N)nn23)CO1. The molecule has 22 heavy (non-hydrogen) atoms. The Balaban J connectivity index is 1.78. The number of ether oxygens (including phenoxy) is 2. The van der Waals surface area contributed by atoms with E-state index in [4.69, 9.17) is 15.2 Å². The number of esters is 1. The molecule has 9 nitrogen and oxygen atoms in total. The molecule has 3 rings (SSSR count). The van der Waals surface area contributed by atoms with Crippen molar-refractivity contribution in [1.82, 2.24) is 19.6 Å². The number of rotatable bonds is 3. The summed E-state index contributed by atoms with van der Waals surface area (Å²) in [7, 11) is 0. The summed E-state index contributed by atoms with van der Waals surface area (Å²) in [5, 5.41) is 13.8. The zero-order valence-electron chi connectivity index (χ0n) is 12.1. The minimum absolute atomic E-state index is 0.0367. The molecule has 0 bridgehead atoms. The van der Waals surface area contributed by atoms with Crippen LogP contribution in [-0.4, -0.2) is 50.0 Å². The maximum absolute atomic E-state index is 11.7. The van der Waals surface area contributed by atoms with Crippen LogP contribution in [-0.2, 0) is 14.3 Å². The van der Waals surface area contributed by atoms with Crippen LogP contribution in [0.4, 0.5) is 5.95 Å². The van der Waals surface area contributed by atoms with E-state index in [2.05, 4.69) is 15.1 Å². The summed E-state index contributed by atoms with van der Waals surface area (Å²) in [5.41, 5.74) is 5.94. The molecule has 1 aliphatic rings. The van der Waals surface area contributed by atoms with Crippen LogP contribution < -0.4 is 5.73 Å². The molecule has 118 valence electrons. The number of aromatic nitrogens is 4. The molecular weight excluding hydrogens is 290 g/mol. The molecule has 0 spiro atoms. The van der Waals surface area contributed by atoms with Crippen molar-refractivity contribution >= 4 is 17.4 Å². The molecule has 9 heteroatoms. The predicted octanol–water partition coefficient (Wildman–Crippen LogP) is 0.238. The third-order valence-corrected chi connectivity index (χ3v) is 3.61. The van der Waals surface area contributed by atoms with Gasteiger partial charge in [-0.1, -0.05) is 0 Å².